The van der Waals surface area contributed by atoms with Crippen molar-refractivity contribution in [3.05, 3.63) is 109 Å². The molecule has 6 rings (SSSR count). The van der Waals surface area contributed by atoms with Gasteiger partial charge in [-0.3, -0.25) is 4.57 Å². The molecule has 0 saturated heterocycles. The van der Waals surface area contributed by atoms with Crippen molar-refractivity contribution in [2.45, 2.75) is 6.16 Å². The van der Waals surface area contributed by atoms with E-state index >= 15 is 0 Å². The average molecular weight is 406 g/mol. The highest BCUT2D eigenvalue weighted by Crippen LogP contribution is 2.57. The maximum absolute atomic E-state index is 14.2. The van der Waals surface area contributed by atoms with Gasteiger partial charge < -0.3 is 4.52 Å². The zero-order valence-corrected chi connectivity index (χ0v) is 17.2. The van der Waals surface area contributed by atoms with Crippen molar-refractivity contribution < 1.29 is 9.09 Å². The minimum Gasteiger partial charge on any atom is -0.439 e. The molecular formula is C27H19O2P. The molecule has 144 valence electrons. The van der Waals surface area contributed by atoms with Crippen LogP contribution < -0.4 is 9.83 Å². The normalized spacial score (nSPS) is 17.7. The Balaban J connectivity index is 1.76. The van der Waals surface area contributed by atoms with E-state index in [0.29, 0.717) is 11.9 Å². The first-order valence-electron chi connectivity index (χ1n) is 10.1. The third kappa shape index (κ3) is 2.61. The van der Waals surface area contributed by atoms with Crippen LogP contribution in [0.4, 0.5) is 0 Å². The lowest BCUT2D eigenvalue weighted by atomic mass is 9.90. The van der Waals surface area contributed by atoms with Gasteiger partial charge in [0.05, 0.1) is 6.16 Å². The average Bonchev–Trinajstić information content (AvgIpc) is 2.94. The Kier molecular flexibility index (Phi) is 3.84. The largest absolute Gasteiger partial charge is 0.439 e. The fourth-order valence-electron chi connectivity index (χ4n) is 4.54. The lowest BCUT2D eigenvalue weighted by molar-refractivity contribution is 0.494. The van der Waals surface area contributed by atoms with Crippen LogP contribution >= 0.6 is 7.37 Å². The molecule has 30 heavy (non-hydrogen) atoms. The molecule has 0 bridgehead atoms. The standard InChI is InChI=1S/C27H19O2P/c28-30(22-10-2-1-3-11-22)18-21-15-14-19-8-4-6-12-23(19)26(21)27-24-13-7-5-9-20(24)16-17-25(27)29-30/h1-17H,18H2. The highest BCUT2D eigenvalue weighted by Gasteiger charge is 2.34. The van der Waals surface area contributed by atoms with E-state index in [9.17, 15) is 4.57 Å². The Hall–Kier alpha value is -3.35. The van der Waals surface area contributed by atoms with E-state index in [4.69, 9.17) is 4.52 Å². The molecule has 0 aromatic heterocycles. The number of hydrogen-bond acceptors (Lipinski definition) is 2. The highest BCUT2D eigenvalue weighted by molar-refractivity contribution is 7.66. The van der Waals surface area contributed by atoms with E-state index in [0.717, 1.165) is 38.2 Å². The molecule has 1 aliphatic rings. The van der Waals surface area contributed by atoms with Crippen molar-refractivity contribution >= 4 is 34.2 Å². The Morgan fingerprint density at radius 1 is 0.600 bits per heavy atom. The fraction of sp³-hybridized carbons (Fsp3) is 0.0370. The number of benzene rings is 5. The second-order valence-corrected chi connectivity index (χ2v) is 10.1. The summed E-state index contributed by atoms with van der Waals surface area (Å²) in [7, 11) is -3.13. The van der Waals surface area contributed by atoms with E-state index in [1.807, 2.05) is 42.5 Å². The first kappa shape index (κ1) is 17.5. The first-order valence-corrected chi connectivity index (χ1v) is 11.9. The van der Waals surface area contributed by atoms with Crippen LogP contribution in [0.5, 0.6) is 5.75 Å². The molecule has 0 spiro atoms. The molecule has 0 aliphatic carbocycles. The third-order valence-corrected chi connectivity index (χ3v) is 8.26. The third-order valence-electron chi connectivity index (χ3n) is 5.93. The summed E-state index contributed by atoms with van der Waals surface area (Å²) in [5.74, 6) is 0.691. The summed E-state index contributed by atoms with van der Waals surface area (Å²) in [6.07, 6.45) is 0.375. The Morgan fingerprint density at radius 3 is 1.93 bits per heavy atom. The molecule has 1 heterocycles. The summed E-state index contributed by atoms with van der Waals surface area (Å²) in [5.41, 5.74) is 3.23. The highest BCUT2D eigenvalue weighted by atomic mass is 31.2. The Morgan fingerprint density at radius 2 is 1.20 bits per heavy atom. The molecule has 0 saturated carbocycles. The van der Waals surface area contributed by atoms with E-state index in [2.05, 4.69) is 60.7 Å². The monoisotopic (exact) mass is 406 g/mol. The molecule has 0 fully saturated rings. The van der Waals surface area contributed by atoms with Crippen LogP contribution in [-0.2, 0) is 10.7 Å². The number of fused-ring (bicyclic) bond motifs is 7. The summed E-state index contributed by atoms with van der Waals surface area (Å²) >= 11 is 0. The molecule has 1 unspecified atom stereocenters. The van der Waals surface area contributed by atoms with Crippen LogP contribution in [-0.4, -0.2) is 0 Å². The zero-order chi connectivity index (χ0) is 20.1. The van der Waals surface area contributed by atoms with Crippen LogP contribution in [0, 0.1) is 0 Å². The van der Waals surface area contributed by atoms with Gasteiger partial charge >= 0.3 is 0 Å². The van der Waals surface area contributed by atoms with Crippen LogP contribution in [0.1, 0.15) is 5.56 Å². The van der Waals surface area contributed by atoms with Gasteiger partial charge in [-0.15, -0.1) is 0 Å². The molecule has 5 aromatic carbocycles. The maximum Gasteiger partial charge on any atom is 0.281 e. The lowest BCUT2D eigenvalue weighted by Crippen LogP contribution is -2.10. The zero-order valence-electron chi connectivity index (χ0n) is 16.3. The summed E-state index contributed by atoms with van der Waals surface area (Å²) < 4.78 is 20.7. The molecule has 1 aliphatic heterocycles. The molecule has 1 atom stereocenters. The molecule has 3 heteroatoms. The minimum atomic E-state index is -3.13. The van der Waals surface area contributed by atoms with Gasteiger partial charge in [-0.1, -0.05) is 84.9 Å². The first-order chi connectivity index (χ1) is 14.7. The SMILES string of the molecule is O=P1(c2ccccc2)Cc2ccc3ccccc3c2-c2c(ccc3ccccc23)O1. The lowest BCUT2D eigenvalue weighted by Gasteiger charge is -2.19. The van der Waals surface area contributed by atoms with Gasteiger partial charge in [0.15, 0.2) is 0 Å². The second kappa shape index (κ2) is 6.58. The Labute approximate surface area is 175 Å². The molecule has 0 amide bonds. The van der Waals surface area contributed by atoms with Crippen molar-refractivity contribution in [2.24, 2.45) is 0 Å². The second-order valence-electron chi connectivity index (χ2n) is 7.74. The number of hydrogen-bond donors (Lipinski definition) is 0. The van der Waals surface area contributed by atoms with Crippen molar-refractivity contribution in [3.63, 3.8) is 0 Å². The minimum absolute atomic E-state index is 0.375. The Bertz CT molecular complexity index is 1380. The van der Waals surface area contributed by atoms with Gasteiger partial charge in [-0.25, -0.2) is 0 Å². The predicted molar refractivity (Wildman–Crippen MR) is 125 cm³/mol. The smallest absolute Gasteiger partial charge is 0.281 e. The van der Waals surface area contributed by atoms with Crippen molar-refractivity contribution in [2.75, 3.05) is 0 Å². The van der Waals surface area contributed by atoms with Crippen LogP contribution in [0.3, 0.4) is 0 Å². The summed E-state index contributed by atoms with van der Waals surface area (Å²) in [6.45, 7) is 0. The molecule has 5 aromatic rings. The van der Waals surface area contributed by atoms with Gasteiger partial charge in [0.25, 0.3) is 7.37 Å². The van der Waals surface area contributed by atoms with E-state index in [-0.39, 0.29) is 0 Å². The molecule has 0 radical (unpaired) electrons. The maximum atomic E-state index is 14.2. The molecular weight excluding hydrogens is 387 g/mol. The van der Waals surface area contributed by atoms with Gasteiger partial charge in [-0.05, 0) is 50.9 Å². The van der Waals surface area contributed by atoms with E-state index in [1.165, 1.54) is 5.39 Å². The van der Waals surface area contributed by atoms with E-state index < -0.39 is 7.37 Å². The van der Waals surface area contributed by atoms with Gasteiger partial charge in [-0.2, -0.15) is 0 Å². The fourth-order valence-corrected chi connectivity index (χ4v) is 6.70. The summed E-state index contributed by atoms with van der Waals surface area (Å²) in [4.78, 5) is 0. The predicted octanol–water partition coefficient (Wildman–Crippen LogP) is 7.16. The van der Waals surface area contributed by atoms with E-state index in [1.54, 1.807) is 0 Å². The number of rotatable bonds is 1. The molecule has 2 nitrogen and oxygen atoms in total. The summed E-state index contributed by atoms with van der Waals surface area (Å²) in [6, 6.07) is 34.6. The van der Waals surface area contributed by atoms with Crippen LogP contribution in [0.15, 0.2) is 103 Å². The summed E-state index contributed by atoms with van der Waals surface area (Å²) in [5, 5.41) is 5.36. The van der Waals surface area contributed by atoms with Gasteiger partial charge in [0.2, 0.25) is 0 Å². The topological polar surface area (TPSA) is 26.3 Å². The van der Waals surface area contributed by atoms with Gasteiger partial charge in [0, 0.05) is 10.9 Å². The molecule has 0 N–H and O–H groups in total. The quantitative estimate of drug-likeness (QED) is 0.276. The van der Waals surface area contributed by atoms with Crippen molar-refractivity contribution in [3.8, 4) is 16.9 Å². The van der Waals surface area contributed by atoms with Crippen molar-refractivity contribution in [1.82, 2.24) is 0 Å². The van der Waals surface area contributed by atoms with Crippen LogP contribution in [0.2, 0.25) is 0 Å². The van der Waals surface area contributed by atoms with Crippen LogP contribution in [0.25, 0.3) is 32.7 Å². The van der Waals surface area contributed by atoms with Gasteiger partial charge in [0.1, 0.15) is 5.75 Å². The van der Waals surface area contributed by atoms with Crippen molar-refractivity contribution in [1.29, 1.82) is 0 Å².